The number of benzene rings is 1. The number of hydrogen-bond acceptors (Lipinski definition) is 4. The number of aliphatic hydroxyl groups excluding tert-OH is 1. The van der Waals surface area contributed by atoms with Gasteiger partial charge in [0, 0.05) is 63.4 Å². The number of halogens is 2. The normalized spacial score (nSPS) is 25.0. The molecule has 2 saturated heterocycles. The molecule has 1 aromatic carbocycles. The minimum atomic E-state index is -0.403. The Balaban J connectivity index is 1.58. The summed E-state index contributed by atoms with van der Waals surface area (Å²) in [4.78, 5) is 19.2. The molecule has 144 valence electrons. The fourth-order valence-electron chi connectivity index (χ4n) is 3.86. The van der Waals surface area contributed by atoms with Gasteiger partial charge in [0.05, 0.1) is 6.42 Å². The molecule has 2 atom stereocenters. The number of carbonyl (C=O) groups excluding carboxylic acids is 1. The van der Waals surface area contributed by atoms with E-state index in [0.29, 0.717) is 18.7 Å². The number of likely N-dealkylation sites (tertiary alicyclic amines) is 1. The fourth-order valence-corrected chi connectivity index (χ4v) is 4.09. The summed E-state index contributed by atoms with van der Waals surface area (Å²) in [6, 6.07) is 4.13. The summed E-state index contributed by atoms with van der Waals surface area (Å²) in [7, 11) is 2.13. The van der Waals surface area contributed by atoms with Gasteiger partial charge in [-0.25, -0.2) is 4.39 Å². The van der Waals surface area contributed by atoms with Crippen molar-refractivity contribution in [2.45, 2.75) is 6.42 Å². The molecule has 5 nitrogen and oxygen atoms in total. The Morgan fingerprint density at radius 2 is 1.92 bits per heavy atom. The number of carbonyl (C=O) groups is 1. The molecule has 1 N–H and O–H groups in total. The Morgan fingerprint density at radius 3 is 2.58 bits per heavy atom. The molecule has 26 heavy (non-hydrogen) atoms. The molecule has 3 rings (SSSR count). The van der Waals surface area contributed by atoms with E-state index >= 15 is 0 Å². The van der Waals surface area contributed by atoms with Crippen molar-refractivity contribution in [1.29, 1.82) is 0 Å². The van der Waals surface area contributed by atoms with E-state index in [0.717, 1.165) is 32.7 Å². The van der Waals surface area contributed by atoms with Crippen LogP contribution >= 0.6 is 11.6 Å². The first-order valence-corrected chi connectivity index (χ1v) is 9.57. The zero-order chi connectivity index (χ0) is 18.7. The van der Waals surface area contributed by atoms with Crippen LogP contribution in [0.15, 0.2) is 18.2 Å². The SMILES string of the molecule is CN1CCN(C[C@@H]2CN(C(=O)Cc3ccc(F)cc3Cl)C[C@@H]2CO)CC1. The Labute approximate surface area is 159 Å². The standard InChI is InChI=1S/C19H27ClFN3O2/c1-22-4-6-23(7-5-22)10-15-11-24(12-16(15)13-25)19(26)8-14-2-3-17(21)9-18(14)20/h2-3,9,15-16,25H,4-8,10-13H2,1H3/t15-,16-/m1/s1. The summed E-state index contributed by atoms with van der Waals surface area (Å²) in [6.45, 7) is 6.43. The van der Waals surface area contributed by atoms with Crippen molar-refractivity contribution in [3.63, 3.8) is 0 Å². The van der Waals surface area contributed by atoms with Gasteiger partial charge in [-0.3, -0.25) is 4.79 Å². The monoisotopic (exact) mass is 383 g/mol. The Morgan fingerprint density at radius 1 is 1.23 bits per heavy atom. The molecule has 2 fully saturated rings. The minimum absolute atomic E-state index is 0.0159. The van der Waals surface area contributed by atoms with Crippen LogP contribution in [0.3, 0.4) is 0 Å². The number of hydrogen-bond donors (Lipinski definition) is 1. The van der Waals surface area contributed by atoms with Gasteiger partial charge in [-0.2, -0.15) is 0 Å². The maximum atomic E-state index is 13.2. The zero-order valence-electron chi connectivity index (χ0n) is 15.2. The molecule has 1 amide bonds. The molecule has 7 heteroatoms. The van der Waals surface area contributed by atoms with Crippen molar-refractivity contribution in [2.75, 3.05) is 59.5 Å². The maximum Gasteiger partial charge on any atom is 0.227 e. The van der Waals surface area contributed by atoms with Crippen LogP contribution in [0.2, 0.25) is 5.02 Å². The van der Waals surface area contributed by atoms with E-state index in [9.17, 15) is 14.3 Å². The fraction of sp³-hybridized carbons (Fsp3) is 0.632. The van der Waals surface area contributed by atoms with Crippen LogP contribution in [0, 0.1) is 17.7 Å². The molecule has 0 aromatic heterocycles. The molecule has 0 saturated carbocycles. The van der Waals surface area contributed by atoms with Crippen LogP contribution in [-0.4, -0.2) is 85.2 Å². The average molecular weight is 384 g/mol. The molecule has 2 aliphatic rings. The molecule has 1 aromatic rings. The second-order valence-corrected chi connectivity index (χ2v) is 7.93. The summed E-state index contributed by atoms with van der Waals surface area (Å²) in [5.74, 6) is -0.0175. The summed E-state index contributed by atoms with van der Waals surface area (Å²) in [5.41, 5.74) is 0.640. The van der Waals surface area contributed by atoms with Crippen molar-refractivity contribution in [3.8, 4) is 0 Å². The molecule has 0 spiro atoms. The van der Waals surface area contributed by atoms with Crippen LogP contribution in [0.1, 0.15) is 5.56 Å². The van der Waals surface area contributed by atoms with E-state index in [4.69, 9.17) is 11.6 Å². The highest BCUT2D eigenvalue weighted by Gasteiger charge is 2.36. The lowest BCUT2D eigenvalue weighted by atomic mass is 9.96. The maximum absolute atomic E-state index is 13.2. The molecule has 0 aliphatic carbocycles. The topological polar surface area (TPSA) is 47.0 Å². The van der Waals surface area contributed by atoms with Crippen LogP contribution < -0.4 is 0 Å². The van der Waals surface area contributed by atoms with Gasteiger partial charge in [-0.1, -0.05) is 17.7 Å². The lowest BCUT2D eigenvalue weighted by Crippen LogP contribution is -2.47. The van der Waals surface area contributed by atoms with Gasteiger partial charge in [0.25, 0.3) is 0 Å². The zero-order valence-corrected chi connectivity index (χ0v) is 16.0. The number of nitrogens with zero attached hydrogens (tertiary/aromatic N) is 3. The molecule has 0 bridgehead atoms. The highest BCUT2D eigenvalue weighted by atomic mass is 35.5. The summed E-state index contributed by atoms with van der Waals surface area (Å²) in [6.07, 6.45) is 0.165. The quantitative estimate of drug-likeness (QED) is 0.833. The highest BCUT2D eigenvalue weighted by Crippen LogP contribution is 2.26. The van der Waals surface area contributed by atoms with E-state index in [1.165, 1.54) is 12.1 Å². The second kappa shape index (κ2) is 8.65. The smallest absolute Gasteiger partial charge is 0.227 e. The average Bonchev–Trinajstić information content (AvgIpc) is 3.02. The number of amides is 1. The van der Waals surface area contributed by atoms with Crippen molar-refractivity contribution >= 4 is 17.5 Å². The van der Waals surface area contributed by atoms with Crippen molar-refractivity contribution in [2.24, 2.45) is 11.8 Å². The van der Waals surface area contributed by atoms with Crippen molar-refractivity contribution in [1.82, 2.24) is 14.7 Å². The summed E-state index contributed by atoms with van der Waals surface area (Å²) in [5, 5.41) is 10.0. The van der Waals surface area contributed by atoms with E-state index in [1.54, 1.807) is 6.07 Å². The van der Waals surface area contributed by atoms with Crippen molar-refractivity contribution < 1.29 is 14.3 Å². The van der Waals surface area contributed by atoms with Gasteiger partial charge >= 0.3 is 0 Å². The second-order valence-electron chi connectivity index (χ2n) is 7.52. The van der Waals surface area contributed by atoms with Gasteiger partial charge in [0.1, 0.15) is 5.82 Å². The first kappa shape index (κ1) is 19.5. The Hall–Kier alpha value is -1.21. The van der Waals surface area contributed by atoms with E-state index in [-0.39, 0.29) is 35.8 Å². The predicted molar refractivity (Wildman–Crippen MR) is 99.7 cm³/mol. The Bertz CT molecular complexity index is 637. The summed E-state index contributed by atoms with van der Waals surface area (Å²) >= 11 is 6.04. The van der Waals surface area contributed by atoms with Gasteiger partial charge in [0.15, 0.2) is 0 Å². The third-order valence-corrected chi connectivity index (χ3v) is 5.96. The third kappa shape index (κ3) is 4.74. The van der Waals surface area contributed by atoms with E-state index in [1.807, 2.05) is 4.90 Å². The molecule has 2 heterocycles. The van der Waals surface area contributed by atoms with Crippen LogP contribution in [0.5, 0.6) is 0 Å². The number of rotatable bonds is 5. The van der Waals surface area contributed by atoms with Gasteiger partial charge in [-0.15, -0.1) is 0 Å². The largest absolute Gasteiger partial charge is 0.396 e. The van der Waals surface area contributed by atoms with Crippen LogP contribution in [-0.2, 0) is 11.2 Å². The summed E-state index contributed by atoms with van der Waals surface area (Å²) < 4.78 is 13.2. The highest BCUT2D eigenvalue weighted by molar-refractivity contribution is 6.31. The lowest BCUT2D eigenvalue weighted by molar-refractivity contribution is -0.129. The Kier molecular flexibility index (Phi) is 6.51. The predicted octanol–water partition coefficient (Wildman–Crippen LogP) is 1.34. The minimum Gasteiger partial charge on any atom is -0.396 e. The molecular formula is C19H27ClFN3O2. The molecular weight excluding hydrogens is 357 g/mol. The molecule has 2 aliphatic heterocycles. The van der Waals surface area contributed by atoms with Crippen LogP contribution in [0.4, 0.5) is 4.39 Å². The number of aliphatic hydroxyl groups is 1. The lowest BCUT2D eigenvalue weighted by Gasteiger charge is -2.34. The number of piperazine rings is 1. The van der Waals surface area contributed by atoms with Crippen LogP contribution in [0.25, 0.3) is 0 Å². The van der Waals surface area contributed by atoms with Gasteiger partial charge in [0.2, 0.25) is 5.91 Å². The first-order valence-electron chi connectivity index (χ1n) is 9.19. The number of likely N-dealkylation sites (N-methyl/N-ethyl adjacent to an activating group) is 1. The van der Waals surface area contributed by atoms with E-state index in [2.05, 4.69) is 16.8 Å². The van der Waals surface area contributed by atoms with Crippen molar-refractivity contribution in [3.05, 3.63) is 34.6 Å². The third-order valence-electron chi connectivity index (χ3n) is 5.61. The molecule has 0 unspecified atom stereocenters. The van der Waals surface area contributed by atoms with E-state index < -0.39 is 5.82 Å². The molecule has 0 radical (unpaired) electrons. The first-order chi connectivity index (χ1) is 12.5. The van der Waals surface area contributed by atoms with Gasteiger partial charge in [-0.05, 0) is 30.7 Å². The van der Waals surface area contributed by atoms with Gasteiger partial charge < -0.3 is 19.8 Å².